The third-order valence-electron chi connectivity index (χ3n) is 4.21. The van der Waals surface area contributed by atoms with Gasteiger partial charge in [-0.1, -0.05) is 54.1 Å². The van der Waals surface area contributed by atoms with Crippen molar-refractivity contribution in [3.63, 3.8) is 0 Å². The van der Waals surface area contributed by atoms with Crippen LogP contribution in [0.5, 0.6) is 0 Å². The third-order valence-corrected chi connectivity index (χ3v) is 6.79. The maximum absolute atomic E-state index is 11.7. The highest BCUT2D eigenvalue weighted by Crippen LogP contribution is 2.31. The zero-order chi connectivity index (χ0) is 20.9. The highest BCUT2D eigenvalue weighted by atomic mass is 35.5. The van der Waals surface area contributed by atoms with Gasteiger partial charge in [0.25, 0.3) is 0 Å². The largest absolute Gasteiger partial charge is 0.242 e. The molecule has 1 heterocycles. The molecule has 0 bridgehead atoms. The molecule has 152 valence electrons. The van der Waals surface area contributed by atoms with E-state index in [1.165, 1.54) is 11.3 Å². The monoisotopic (exact) mass is 448 g/mol. The molecular formula is C20H21ClN4O2S2. The number of hydrogen-bond donors (Lipinski definition) is 1. The first-order chi connectivity index (χ1) is 13.9. The van der Waals surface area contributed by atoms with Gasteiger partial charge in [0.2, 0.25) is 15.2 Å². The molecule has 0 fully saturated rings. The molecule has 1 aromatic heterocycles. The molecule has 3 aromatic rings. The first kappa shape index (κ1) is 21.4. The van der Waals surface area contributed by atoms with Gasteiger partial charge in [-0.2, -0.15) is 5.10 Å². The summed E-state index contributed by atoms with van der Waals surface area (Å²) in [6, 6.07) is 15.1. The normalized spacial score (nSPS) is 11.8. The van der Waals surface area contributed by atoms with Crippen LogP contribution < -0.4 is 9.73 Å². The Labute approximate surface area is 179 Å². The number of halogens is 1. The van der Waals surface area contributed by atoms with Gasteiger partial charge in [-0.3, -0.25) is 0 Å². The number of thiazole rings is 1. The van der Waals surface area contributed by atoms with E-state index < -0.39 is 10.0 Å². The summed E-state index contributed by atoms with van der Waals surface area (Å²) in [5.74, 6) is 0.0454. The Kier molecular flexibility index (Phi) is 7.02. The van der Waals surface area contributed by atoms with Crippen LogP contribution in [0.3, 0.4) is 0 Å². The first-order valence-corrected chi connectivity index (χ1v) is 11.8. The summed E-state index contributed by atoms with van der Waals surface area (Å²) >= 11 is 7.72. The molecule has 3 rings (SSSR count). The molecule has 0 aliphatic heterocycles. The highest BCUT2D eigenvalue weighted by molar-refractivity contribution is 7.89. The molecule has 0 amide bonds. The van der Waals surface area contributed by atoms with Gasteiger partial charge in [0.05, 0.1) is 17.7 Å². The summed E-state index contributed by atoms with van der Waals surface area (Å²) in [5.41, 5.74) is 3.35. The number of sulfonamides is 1. The van der Waals surface area contributed by atoms with Crippen molar-refractivity contribution in [1.82, 2.24) is 9.71 Å². The van der Waals surface area contributed by atoms with Crippen molar-refractivity contribution >= 4 is 44.3 Å². The van der Waals surface area contributed by atoms with Crippen LogP contribution in [-0.4, -0.2) is 32.4 Å². The number of benzene rings is 2. The molecule has 0 aliphatic carbocycles. The Bertz CT molecular complexity index is 1110. The van der Waals surface area contributed by atoms with Crippen molar-refractivity contribution < 1.29 is 8.42 Å². The molecule has 1 N–H and O–H groups in total. The summed E-state index contributed by atoms with van der Waals surface area (Å²) < 4.78 is 26.0. The maximum atomic E-state index is 11.7. The lowest BCUT2D eigenvalue weighted by Gasteiger charge is -2.10. The Hall–Kier alpha value is -2.26. The molecular weight excluding hydrogens is 428 g/mol. The van der Waals surface area contributed by atoms with Crippen LogP contribution in [0, 0.1) is 0 Å². The fourth-order valence-electron chi connectivity index (χ4n) is 2.51. The van der Waals surface area contributed by atoms with Crippen LogP contribution >= 0.6 is 22.9 Å². The zero-order valence-electron chi connectivity index (χ0n) is 16.0. The smallest absolute Gasteiger partial charge is 0.211 e. The Balaban J connectivity index is 1.75. The van der Waals surface area contributed by atoms with Crippen molar-refractivity contribution in [3.05, 3.63) is 70.1 Å². The average molecular weight is 449 g/mol. The Morgan fingerprint density at radius 2 is 1.93 bits per heavy atom. The van der Waals surface area contributed by atoms with Crippen LogP contribution in [-0.2, 0) is 16.6 Å². The van der Waals surface area contributed by atoms with Crippen LogP contribution in [0.15, 0.2) is 59.0 Å². The number of hydrogen-bond acceptors (Lipinski definition) is 6. The fourth-order valence-corrected chi connectivity index (χ4v) is 4.07. The molecule has 6 nitrogen and oxygen atoms in total. The molecule has 0 saturated carbocycles. The standard InChI is InChI=1S/C20H21ClN4O2S2/c1-3-29(26,27)23-13-16-9-5-4-8-15(16)12-22-25(2)20-24-19(14-28-20)17-10-6-7-11-18(17)21/h4-12,14,23H,3,13H2,1-2H3. The van der Waals surface area contributed by atoms with E-state index in [1.807, 2.05) is 61.0 Å². The van der Waals surface area contributed by atoms with Gasteiger partial charge in [-0.25, -0.2) is 23.1 Å². The van der Waals surface area contributed by atoms with Crippen molar-refractivity contribution in [2.45, 2.75) is 13.5 Å². The van der Waals surface area contributed by atoms with Gasteiger partial charge in [0, 0.05) is 29.6 Å². The minimum Gasteiger partial charge on any atom is -0.242 e. The summed E-state index contributed by atoms with van der Waals surface area (Å²) in [6.45, 7) is 1.82. The highest BCUT2D eigenvalue weighted by Gasteiger charge is 2.11. The van der Waals surface area contributed by atoms with E-state index in [0.29, 0.717) is 5.02 Å². The van der Waals surface area contributed by atoms with Crippen molar-refractivity contribution in [2.75, 3.05) is 17.8 Å². The van der Waals surface area contributed by atoms with E-state index in [2.05, 4.69) is 14.8 Å². The minimum absolute atomic E-state index is 0.0454. The van der Waals surface area contributed by atoms with Gasteiger partial charge < -0.3 is 0 Å². The molecule has 0 spiro atoms. The number of rotatable bonds is 8. The lowest BCUT2D eigenvalue weighted by atomic mass is 10.1. The van der Waals surface area contributed by atoms with E-state index in [1.54, 1.807) is 18.1 Å². The average Bonchev–Trinajstić information content (AvgIpc) is 3.21. The minimum atomic E-state index is -3.26. The number of hydrazone groups is 1. The zero-order valence-corrected chi connectivity index (χ0v) is 18.4. The second-order valence-electron chi connectivity index (χ2n) is 6.19. The predicted molar refractivity (Wildman–Crippen MR) is 121 cm³/mol. The van der Waals surface area contributed by atoms with Gasteiger partial charge in [-0.15, -0.1) is 11.3 Å². The number of aromatic nitrogens is 1. The molecule has 0 radical (unpaired) electrons. The topological polar surface area (TPSA) is 74.7 Å². The lowest BCUT2D eigenvalue weighted by molar-refractivity contribution is 0.582. The molecule has 2 aromatic carbocycles. The van der Waals surface area contributed by atoms with Crippen molar-refractivity contribution in [2.24, 2.45) is 5.10 Å². The van der Waals surface area contributed by atoms with E-state index in [-0.39, 0.29) is 12.3 Å². The van der Waals surface area contributed by atoms with Gasteiger partial charge in [0.15, 0.2) is 0 Å². The van der Waals surface area contributed by atoms with Gasteiger partial charge >= 0.3 is 0 Å². The molecule has 29 heavy (non-hydrogen) atoms. The number of anilines is 1. The number of nitrogens with zero attached hydrogens (tertiary/aromatic N) is 3. The van der Waals surface area contributed by atoms with Gasteiger partial charge in [-0.05, 0) is 24.1 Å². The molecule has 0 atom stereocenters. The molecule has 0 unspecified atom stereocenters. The van der Waals surface area contributed by atoms with Crippen LogP contribution in [0.1, 0.15) is 18.1 Å². The molecule has 0 saturated heterocycles. The van der Waals surface area contributed by atoms with E-state index in [0.717, 1.165) is 27.5 Å². The second kappa shape index (κ2) is 9.49. The SMILES string of the molecule is CCS(=O)(=O)NCc1ccccc1C=NN(C)c1nc(-c2ccccc2Cl)cs1. The summed E-state index contributed by atoms with van der Waals surface area (Å²) in [7, 11) is -1.45. The Morgan fingerprint density at radius 3 is 2.69 bits per heavy atom. The van der Waals surface area contributed by atoms with Crippen molar-refractivity contribution in [1.29, 1.82) is 0 Å². The predicted octanol–water partition coefficient (Wildman–Crippen LogP) is 4.37. The summed E-state index contributed by atoms with van der Waals surface area (Å²) in [6.07, 6.45) is 1.70. The maximum Gasteiger partial charge on any atom is 0.211 e. The number of nitrogens with one attached hydrogen (secondary N) is 1. The van der Waals surface area contributed by atoms with E-state index in [9.17, 15) is 8.42 Å². The molecule has 9 heteroatoms. The van der Waals surface area contributed by atoms with Gasteiger partial charge in [0.1, 0.15) is 0 Å². The summed E-state index contributed by atoms with van der Waals surface area (Å²) in [4.78, 5) is 4.61. The van der Waals surface area contributed by atoms with Crippen LogP contribution in [0.25, 0.3) is 11.3 Å². The van der Waals surface area contributed by atoms with E-state index >= 15 is 0 Å². The Morgan fingerprint density at radius 1 is 1.21 bits per heavy atom. The third kappa shape index (κ3) is 5.63. The fraction of sp³-hybridized carbons (Fsp3) is 0.200. The molecule has 0 aliphatic rings. The van der Waals surface area contributed by atoms with Crippen molar-refractivity contribution in [3.8, 4) is 11.3 Å². The van der Waals surface area contributed by atoms with Crippen LogP contribution in [0.4, 0.5) is 5.13 Å². The lowest BCUT2D eigenvalue weighted by Crippen LogP contribution is -2.25. The second-order valence-corrected chi connectivity index (χ2v) is 9.53. The quantitative estimate of drug-likeness (QED) is 0.410. The summed E-state index contributed by atoms with van der Waals surface area (Å²) in [5, 5.41) is 9.46. The first-order valence-electron chi connectivity index (χ1n) is 8.93. The van der Waals surface area contributed by atoms with Crippen LogP contribution in [0.2, 0.25) is 5.02 Å². The van der Waals surface area contributed by atoms with E-state index in [4.69, 9.17) is 11.6 Å².